The largest absolute Gasteiger partial charge is 0.349 e. The molecule has 0 saturated heterocycles. The van der Waals surface area contributed by atoms with Gasteiger partial charge in [0, 0.05) is 18.5 Å². The molecule has 0 fully saturated rings. The van der Waals surface area contributed by atoms with Crippen molar-refractivity contribution in [2.45, 2.75) is 39.2 Å². The summed E-state index contributed by atoms with van der Waals surface area (Å²) in [6, 6.07) is 6.28. The number of nitrogens with two attached hydrogens (primary N) is 1. The minimum absolute atomic E-state index is 0. The van der Waals surface area contributed by atoms with Crippen LogP contribution in [0.1, 0.15) is 49.6 Å². The topological polar surface area (TPSA) is 85.8 Å². The number of rotatable bonds is 6. The molecule has 2 rings (SSSR count). The number of carbonyl (C=O) groups is 1. The number of halogens is 2. The standard InChI is InChI=1S/C16H22FN5O.ClH/c1-10(2)15-20-14(16(23)19-9-8-11(3)18)21-22(15)13-7-5-4-6-12(13)17;/h4-7,10-11H,8-9,18H2,1-3H3,(H,19,23);1H. The highest BCUT2D eigenvalue weighted by Gasteiger charge is 2.20. The van der Waals surface area contributed by atoms with Gasteiger partial charge >= 0.3 is 0 Å². The number of carbonyl (C=O) groups excluding carboxylic acids is 1. The first kappa shape index (κ1) is 20.1. The van der Waals surface area contributed by atoms with Gasteiger partial charge < -0.3 is 11.1 Å². The predicted molar refractivity (Wildman–Crippen MR) is 93.3 cm³/mol. The van der Waals surface area contributed by atoms with Gasteiger partial charge in [-0.2, -0.15) is 0 Å². The van der Waals surface area contributed by atoms with Crippen LogP contribution in [0.4, 0.5) is 4.39 Å². The molecule has 1 amide bonds. The number of nitrogens with zero attached hydrogens (tertiary/aromatic N) is 3. The van der Waals surface area contributed by atoms with Crippen molar-refractivity contribution in [2.75, 3.05) is 6.54 Å². The van der Waals surface area contributed by atoms with Crippen molar-refractivity contribution in [3.8, 4) is 5.69 Å². The van der Waals surface area contributed by atoms with Crippen LogP contribution in [0.2, 0.25) is 0 Å². The molecule has 1 aromatic carbocycles. The first-order valence-electron chi connectivity index (χ1n) is 7.65. The van der Waals surface area contributed by atoms with E-state index in [1.54, 1.807) is 18.2 Å². The summed E-state index contributed by atoms with van der Waals surface area (Å²) in [4.78, 5) is 16.4. The summed E-state index contributed by atoms with van der Waals surface area (Å²) >= 11 is 0. The summed E-state index contributed by atoms with van der Waals surface area (Å²) in [7, 11) is 0. The first-order valence-corrected chi connectivity index (χ1v) is 7.65. The maximum atomic E-state index is 14.0. The fourth-order valence-corrected chi connectivity index (χ4v) is 2.09. The predicted octanol–water partition coefficient (Wildman–Crippen LogP) is 2.42. The van der Waals surface area contributed by atoms with Crippen LogP contribution < -0.4 is 11.1 Å². The van der Waals surface area contributed by atoms with Gasteiger partial charge in [0.1, 0.15) is 17.3 Å². The van der Waals surface area contributed by atoms with Crippen LogP contribution in [0.3, 0.4) is 0 Å². The summed E-state index contributed by atoms with van der Waals surface area (Å²) < 4.78 is 15.4. The second-order valence-corrected chi connectivity index (χ2v) is 5.83. The maximum absolute atomic E-state index is 14.0. The Bertz CT molecular complexity index is 687. The average Bonchev–Trinajstić information content (AvgIpc) is 2.92. The molecule has 0 aliphatic rings. The molecular formula is C16H23ClFN5O. The van der Waals surface area contributed by atoms with E-state index in [1.165, 1.54) is 10.7 Å². The highest BCUT2D eigenvalue weighted by atomic mass is 35.5. The van der Waals surface area contributed by atoms with Gasteiger partial charge in [-0.1, -0.05) is 26.0 Å². The summed E-state index contributed by atoms with van der Waals surface area (Å²) in [5, 5.41) is 6.91. The number of benzene rings is 1. The van der Waals surface area contributed by atoms with Crippen LogP contribution in [0.5, 0.6) is 0 Å². The molecule has 24 heavy (non-hydrogen) atoms. The zero-order chi connectivity index (χ0) is 17.0. The molecule has 6 nitrogen and oxygen atoms in total. The Kier molecular flexibility index (Phi) is 7.31. The van der Waals surface area contributed by atoms with Gasteiger partial charge in [0.25, 0.3) is 5.91 Å². The second-order valence-electron chi connectivity index (χ2n) is 5.83. The molecule has 0 aliphatic heterocycles. The number of para-hydroxylation sites is 1. The molecule has 1 unspecified atom stereocenters. The van der Waals surface area contributed by atoms with Crippen molar-refractivity contribution >= 4 is 18.3 Å². The Labute approximate surface area is 147 Å². The zero-order valence-electron chi connectivity index (χ0n) is 14.0. The maximum Gasteiger partial charge on any atom is 0.290 e. The lowest BCUT2D eigenvalue weighted by Gasteiger charge is -2.08. The Morgan fingerprint density at radius 2 is 2.00 bits per heavy atom. The van der Waals surface area contributed by atoms with E-state index in [9.17, 15) is 9.18 Å². The summed E-state index contributed by atoms with van der Waals surface area (Å²) in [6.07, 6.45) is 0.663. The monoisotopic (exact) mass is 355 g/mol. The van der Waals surface area contributed by atoms with E-state index < -0.39 is 5.82 Å². The minimum Gasteiger partial charge on any atom is -0.349 e. The van der Waals surface area contributed by atoms with Crippen molar-refractivity contribution in [1.82, 2.24) is 20.1 Å². The molecular weight excluding hydrogens is 333 g/mol. The Hall–Kier alpha value is -1.99. The van der Waals surface area contributed by atoms with Crippen LogP contribution in [0, 0.1) is 5.82 Å². The van der Waals surface area contributed by atoms with Gasteiger partial charge in [-0.05, 0) is 25.5 Å². The normalized spacial score (nSPS) is 11.9. The molecule has 0 saturated carbocycles. The van der Waals surface area contributed by atoms with Crippen LogP contribution in [0.15, 0.2) is 24.3 Å². The van der Waals surface area contributed by atoms with Crippen LogP contribution in [-0.4, -0.2) is 33.3 Å². The summed E-state index contributed by atoms with van der Waals surface area (Å²) in [5.41, 5.74) is 5.93. The number of hydrogen-bond acceptors (Lipinski definition) is 4. The quantitative estimate of drug-likeness (QED) is 0.833. The van der Waals surface area contributed by atoms with Gasteiger partial charge in [0.15, 0.2) is 0 Å². The highest BCUT2D eigenvalue weighted by Crippen LogP contribution is 2.19. The second kappa shape index (κ2) is 8.75. The molecule has 1 atom stereocenters. The Balaban J connectivity index is 0.00000288. The first-order chi connectivity index (χ1) is 10.9. The van der Waals surface area contributed by atoms with Crippen molar-refractivity contribution in [3.05, 3.63) is 41.7 Å². The van der Waals surface area contributed by atoms with Crippen molar-refractivity contribution in [3.63, 3.8) is 0 Å². The molecule has 132 valence electrons. The van der Waals surface area contributed by atoms with Gasteiger partial charge in [0.2, 0.25) is 5.82 Å². The molecule has 0 bridgehead atoms. The average molecular weight is 356 g/mol. The van der Waals surface area contributed by atoms with E-state index in [1.807, 2.05) is 20.8 Å². The molecule has 1 aromatic heterocycles. The number of amides is 1. The van der Waals surface area contributed by atoms with E-state index in [-0.39, 0.29) is 41.8 Å². The molecule has 0 spiro atoms. The SMILES string of the molecule is CC(N)CCNC(=O)c1nc(C(C)C)n(-c2ccccc2F)n1.Cl. The fraction of sp³-hybridized carbons (Fsp3) is 0.438. The number of nitrogens with one attached hydrogen (secondary N) is 1. The highest BCUT2D eigenvalue weighted by molar-refractivity contribution is 5.90. The van der Waals surface area contributed by atoms with Crippen molar-refractivity contribution < 1.29 is 9.18 Å². The van der Waals surface area contributed by atoms with Gasteiger partial charge in [-0.3, -0.25) is 4.79 Å². The Morgan fingerprint density at radius 1 is 1.33 bits per heavy atom. The van der Waals surface area contributed by atoms with Crippen LogP contribution >= 0.6 is 12.4 Å². The van der Waals surface area contributed by atoms with Crippen molar-refractivity contribution in [1.29, 1.82) is 0 Å². The summed E-state index contributed by atoms with van der Waals surface area (Å²) in [6.45, 7) is 6.15. The van der Waals surface area contributed by atoms with Gasteiger partial charge in [0.05, 0.1) is 0 Å². The lowest BCUT2D eigenvalue weighted by molar-refractivity contribution is 0.0942. The van der Waals surface area contributed by atoms with Crippen LogP contribution in [-0.2, 0) is 0 Å². The lowest BCUT2D eigenvalue weighted by Crippen LogP contribution is -2.29. The third kappa shape index (κ3) is 4.75. The molecule has 1 heterocycles. The Morgan fingerprint density at radius 3 is 2.58 bits per heavy atom. The van der Waals surface area contributed by atoms with E-state index in [0.29, 0.717) is 18.8 Å². The third-order valence-electron chi connectivity index (χ3n) is 3.32. The van der Waals surface area contributed by atoms with Gasteiger partial charge in [-0.25, -0.2) is 14.1 Å². The van der Waals surface area contributed by atoms with E-state index in [2.05, 4.69) is 15.4 Å². The molecule has 0 radical (unpaired) electrons. The van der Waals surface area contributed by atoms with E-state index in [0.717, 1.165) is 0 Å². The van der Waals surface area contributed by atoms with E-state index in [4.69, 9.17) is 5.73 Å². The number of hydrogen-bond donors (Lipinski definition) is 2. The number of aromatic nitrogens is 3. The molecule has 3 N–H and O–H groups in total. The molecule has 2 aromatic rings. The van der Waals surface area contributed by atoms with Crippen molar-refractivity contribution in [2.24, 2.45) is 5.73 Å². The van der Waals surface area contributed by atoms with E-state index >= 15 is 0 Å². The smallest absolute Gasteiger partial charge is 0.290 e. The minimum atomic E-state index is -0.414. The molecule has 8 heteroatoms. The summed E-state index contributed by atoms with van der Waals surface area (Å²) in [5.74, 6) is -0.243. The molecule has 0 aliphatic carbocycles. The fourth-order valence-electron chi connectivity index (χ4n) is 2.09. The zero-order valence-corrected chi connectivity index (χ0v) is 14.8. The third-order valence-corrected chi connectivity index (χ3v) is 3.32. The van der Waals surface area contributed by atoms with Gasteiger partial charge in [-0.15, -0.1) is 17.5 Å². The lowest BCUT2D eigenvalue weighted by atomic mass is 10.2. The van der Waals surface area contributed by atoms with Crippen LogP contribution in [0.25, 0.3) is 5.69 Å².